The lowest BCUT2D eigenvalue weighted by Gasteiger charge is -2.22. The van der Waals surface area contributed by atoms with Crippen molar-refractivity contribution in [2.24, 2.45) is 0 Å². The van der Waals surface area contributed by atoms with Crippen LogP contribution >= 0.6 is 11.8 Å². The van der Waals surface area contributed by atoms with E-state index in [-0.39, 0.29) is 12.2 Å². The molecule has 0 bridgehead atoms. The summed E-state index contributed by atoms with van der Waals surface area (Å²) >= 11 is 1.40. The minimum atomic E-state index is -1.13. The van der Waals surface area contributed by atoms with E-state index in [4.69, 9.17) is 0 Å². The van der Waals surface area contributed by atoms with Gasteiger partial charge in [-0.05, 0) is 19.2 Å². The molecule has 6 nitrogen and oxygen atoms in total. The maximum atomic E-state index is 13.5. The molecular weight excluding hydrogens is 287 g/mol. The van der Waals surface area contributed by atoms with Gasteiger partial charge in [-0.15, -0.1) is 0 Å². The highest BCUT2D eigenvalue weighted by atomic mass is 32.2. The second-order valence-electron chi connectivity index (χ2n) is 4.53. The summed E-state index contributed by atoms with van der Waals surface area (Å²) in [5.74, 6) is -1.25. The zero-order valence-electron chi connectivity index (χ0n) is 11.1. The van der Waals surface area contributed by atoms with Crippen LogP contribution in [0, 0.1) is 15.9 Å². The molecule has 0 aliphatic heterocycles. The van der Waals surface area contributed by atoms with Gasteiger partial charge in [-0.1, -0.05) is 0 Å². The summed E-state index contributed by atoms with van der Waals surface area (Å²) in [5, 5.41) is 22.8. The first kappa shape index (κ1) is 16.4. The number of halogens is 1. The summed E-state index contributed by atoms with van der Waals surface area (Å²) < 4.78 is 13.5. The SMILES string of the molecule is CSCC(C)(O)CNC(=O)c1cc([N+](=O)[O-])ccc1F. The Bertz CT molecular complexity index is 522. The number of nitrogens with one attached hydrogen (secondary N) is 1. The van der Waals surface area contributed by atoms with Crippen LogP contribution in [0.3, 0.4) is 0 Å². The van der Waals surface area contributed by atoms with E-state index in [2.05, 4.69) is 5.32 Å². The molecular formula is C12H15FN2O4S. The Kier molecular flexibility index (Phi) is 5.46. The Balaban J connectivity index is 2.82. The van der Waals surface area contributed by atoms with Crippen LogP contribution in [-0.4, -0.2) is 40.1 Å². The fourth-order valence-electron chi connectivity index (χ4n) is 1.53. The van der Waals surface area contributed by atoms with E-state index in [0.717, 1.165) is 18.2 Å². The van der Waals surface area contributed by atoms with Crippen molar-refractivity contribution in [2.45, 2.75) is 12.5 Å². The molecule has 0 aliphatic carbocycles. The van der Waals surface area contributed by atoms with Gasteiger partial charge in [0.2, 0.25) is 0 Å². The first-order valence-electron chi connectivity index (χ1n) is 5.70. The number of carbonyl (C=O) groups is 1. The number of nitrogens with zero attached hydrogens (tertiary/aromatic N) is 1. The van der Waals surface area contributed by atoms with Crippen molar-refractivity contribution in [1.82, 2.24) is 5.32 Å². The smallest absolute Gasteiger partial charge is 0.270 e. The van der Waals surface area contributed by atoms with Gasteiger partial charge in [0.1, 0.15) is 5.82 Å². The lowest BCUT2D eigenvalue weighted by Crippen LogP contribution is -2.42. The Morgan fingerprint density at radius 2 is 2.25 bits per heavy atom. The molecule has 0 saturated carbocycles. The lowest BCUT2D eigenvalue weighted by molar-refractivity contribution is -0.384. The van der Waals surface area contributed by atoms with Crippen LogP contribution in [0.25, 0.3) is 0 Å². The third-order valence-electron chi connectivity index (χ3n) is 2.49. The molecule has 0 radical (unpaired) electrons. The highest BCUT2D eigenvalue weighted by Crippen LogP contribution is 2.17. The standard InChI is InChI=1S/C12H15FN2O4S/c1-12(17,7-20-2)6-14-11(16)9-5-8(15(18)19)3-4-10(9)13/h3-5,17H,6-7H2,1-2H3,(H,14,16). The van der Waals surface area contributed by atoms with Crippen molar-refractivity contribution >= 4 is 23.4 Å². The summed E-state index contributed by atoms with van der Waals surface area (Å²) in [6, 6.07) is 2.72. The Labute approximate surface area is 119 Å². The van der Waals surface area contributed by atoms with Crippen LogP contribution in [0.5, 0.6) is 0 Å². The number of nitro benzene ring substituents is 1. The van der Waals surface area contributed by atoms with Gasteiger partial charge in [0, 0.05) is 24.4 Å². The van der Waals surface area contributed by atoms with Crippen LogP contribution in [-0.2, 0) is 0 Å². The molecule has 1 atom stereocenters. The van der Waals surface area contributed by atoms with E-state index in [0.29, 0.717) is 5.75 Å². The topological polar surface area (TPSA) is 92.5 Å². The van der Waals surface area contributed by atoms with Gasteiger partial charge in [-0.2, -0.15) is 11.8 Å². The van der Waals surface area contributed by atoms with E-state index in [9.17, 15) is 24.4 Å². The van der Waals surface area contributed by atoms with Gasteiger partial charge in [0.15, 0.2) is 0 Å². The third kappa shape index (κ3) is 4.46. The van der Waals surface area contributed by atoms with E-state index in [1.165, 1.54) is 18.7 Å². The van der Waals surface area contributed by atoms with Crippen molar-refractivity contribution in [1.29, 1.82) is 0 Å². The number of benzene rings is 1. The number of non-ortho nitro benzene ring substituents is 1. The second kappa shape index (κ2) is 6.67. The average Bonchev–Trinajstić information content (AvgIpc) is 2.36. The van der Waals surface area contributed by atoms with E-state index >= 15 is 0 Å². The van der Waals surface area contributed by atoms with Gasteiger partial charge in [0.05, 0.1) is 16.1 Å². The molecule has 1 aromatic carbocycles. The average molecular weight is 302 g/mol. The summed E-state index contributed by atoms with van der Waals surface area (Å²) in [4.78, 5) is 21.7. The molecule has 0 aliphatic rings. The Morgan fingerprint density at radius 1 is 1.60 bits per heavy atom. The molecule has 1 aromatic rings. The molecule has 1 rings (SSSR count). The van der Waals surface area contributed by atoms with Crippen LogP contribution in [0.4, 0.5) is 10.1 Å². The van der Waals surface area contributed by atoms with Gasteiger partial charge >= 0.3 is 0 Å². The molecule has 110 valence electrons. The van der Waals surface area contributed by atoms with Gasteiger partial charge in [0.25, 0.3) is 11.6 Å². The summed E-state index contributed by atoms with van der Waals surface area (Å²) in [6.45, 7) is 1.46. The van der Waals surface area contributed by atoms with E-state index in [1.807, 2.05) is 0 Å². The van der Waals surface area contributed by atoms with Gasteiger partial charge in [-0.25, -0.2) is 4.39 Å². The predicted molar refractivity (Wildman–Crippen MR) is 74.4 cm³/mol. The van der Waals surface area contributed by atoms with Crippen molar-refractivity contribution in [3.63, 3.8) is 0 Å². The number of carbonyl (C=O) groups excluding carboxylic acids is 1. The van der Waals surface area contributed by atoms with Crippen molar-refractivity contribution in [2.75, 3.05) is 18.6 Å². The fourth-order valence-corrected chi connectivity index (χ4v) is 2.25. The molecule has 0 fully saturated rings. The number of hydrogen-bond acceptors (Lipinski definition) is 5. The molecule has 8 heteroatoms. The largest absolute Gasteiger partial charge is 0.387 e. The molecule has 1 unspecified atom stereocenters. The number of thioether (sulfide) groups is 1. The number of amides is 1. The molecule has 0 spiro atoms. The quantitative estimate of drug-likeness (QED) is 0.615. The highest BCUT2D eigenvalue weighted by molar-refractivity contribution is 7.98. The first-order chi connectivity index (χ1) is 9.26. The van der Waals surface area contributed by atoms with Crippen molar-refractivity contribution in [3.8, 4) is 0 Å². The third-order valence-corrected chi connectivity index (χ3v) is 3.40. The van der Waals surface area contributed by atoms with Gasteiger partial charge in [-0.3, -0.25) is 14.9 Å². The minimum absolute atomic E-state index is 0.0746. The number of nitro groups is 1. The molecule has 0 saturated heterocycles. The Hall–Kier alpha value is -1.67. The summed E-state index contributed by atoms with van der Waals surface area (Å²) in [6.07, 6.45) is 1.80. The number of rotatable bonds is 6. The normalized spacial score (nSPS) is 13.6. The summed E-state index contributed by atoms with van der Waals surface area (Å²) in [5.41, 5.74) is -1.92. The molecule has 20 heavy (non-hydrogen) atoms. The monoisotopic (exact) mass is 302 g/mol. The van der Waals surface area contributed by atoms with Gasteiger partial charge < -0.3 is 10.4 Å². The predicted octanol–water partition coefficient (Wildman–Crippen LogP) is 1.58. The van der Waals surface area contributed by atoms with Crippen LogP contribution in [0.2, 0.25) is 0 Å². The molecule has 1 amide bonds. The molecule has 0 aromatic heterocycles. The lowest BCUT2D eigenvalue weighted by atomic mass is 10.1. The van der Waals surface area contributed by atoms with Crippen LogP contribution in [0.1, 0.15) is 17.3 Å². The van der Waals surface area contributed by atoms with E-state index in [1.54, 1.807) is 6.26 Å². The van der Waals surface area contributed by atoms with Crippen LogP contribution in [0.15, 0.2) is 18.2 Å². The molecule has 0 heterocycles. The van der Waals surface area contributed by atoms with Crippen molar-refractivity contribution in [3.05, 3.63) is 39.7 Å². The molecule has 2 N–H and O–H groups in total. The maximum absolute atomic E-state index is 13.5. The minimum Gasteiger partial charge on any atom is -0.387 e. The van der Waals surface area contributed by atoms with Crippen molar-refractivity contribution < 1.29 is 19.2 Å². The van der Waals surface area contributed by atoms with Crippen LogP contribution < -0.4 is 5.32 Å². The number of aliphatic hydroxyl groups is 1. The maximum Gasteiger partial charge on any atom is 0.270 e. The fraction of sp³-hybridized carbons (Fsp3) is 0.417. The highest BCUT2D eigenvalue weighted by Gasteiger charge is 2.22. The summed E-state index contributed by atoms with van der Waals surface area (Å²) in [7, 11) is 0. The Morgan fingerprint density at radius 3 is 2.80 bits per heavy atom. The second-order valence-corrected chi connectivity index (χ2v) is 5.40. The zero-order chi connectivity index (χ0) is 15.3. The number of hydrogen-bond donors (Lipinski definition) is 2. The van der Waals surface area contributed by atoms with E-state index < -0.39 is 27.8 Å². The zero-order valence-corrected chi connectivity index (χ0v) is 11.9. The first-order valence-corrected chi connectivity index (χ1v) is 7.09.